The molecule has 1 heterocycles. The summed E-state index contributed by atoms with van der Waals surface area (Å²) in [5, 5.41) is 17.6. The number of ether oxygens (including phenoxy) is 1. The molecule has 1 aliphatic carbocycles. The van der Waals surface area contributed by atoms with E-state index in [0.29, 0.717) is 24.6 Å². The Morgan fingerprint density at radius 1 is 1.20 bits per heavy atom. The zero-order chi connectivity index (χ0) is 25.0. The second-order valence-corrected chi connectivity index (χ2v) is 9.87. The summed E-state index contributed by atoms with van der Waals surface area (Å²) in [7, 11) is 1.91. The smallest absolute Gasteiger partial charge is 0.404 e. The number of carbonyl (C=O) groups excluding carboxylic acids is 1. The lowest BCUT2D eigenvalue weighted by atomic mass is 9.85. The number of carbonyl (C=O) groups is 2. The zero-order valence-corrected chi connectivity index (χ0v) is 20.8. The monoisotopic (exact) mass is 492 g/mol. The lowest BCUT2D eigenvalue weighted by Gasteiger charge is -2.38. The third kappa shape index (κ3) is 8.96. The van der Waals surface area contributed by atoms with E-state index in [0.717, 1.165) is 25.8 Å². The van der Waals surface area contributed by atoms with Gasteiger partial charge in [0.1, 0.15) is 5.82 Å². The molecule has 0 spiro atoms. The average molecular weight is 493 g/mol. The molecule has 0 radical (unpaired) electrons. The van der Waals surface area contributed by atoms with Crippen molar-refractivity contribution in [3.63, 3.8) is 0 Å². The molecule has 1 aromatic rings. The molecule has 3 amide bonds. The number of benzene rings is 1. The first-order valence-electron chi connectivity index (χ1n) is 13.0. The van der Waals surface area contributed by atoms with Crippen LogP contribution in [0.15, 0.2) is 24.3 Å². The van der Waals surface area contributed by atoms with E-state index in [-0.39, 0.29) is 37.0 Å². The first-order chi connectivity index (χ1) is 17.0. The van der Waals surface area contributed by atoms with E-state index in [1.807, 2.05) is 18.0 Å². The number of likely N-dealkylation sites (N-methyl/N-ethyl adjacent to an activating group) is 1. The van der Waals surface area contributed by atoms with Crippen LogP contribution >= 0.6 is 0 Å². The van der Waals surface area contributed by atoms with Gasteiger partial charge in [-0.1, -0.05) is 44.2 Å². The molecule has 3 atom stereocenters. The second kappa shape index (κ2) is 14.2. The molecule has 1 unspecified atom stereocenters. The van der Waals surface area contributed by atoms with Gasteiger partial charge < -0.3 is 30.7 Å². The molecule has 35 heavy (non-hydrogen) atoms. The maximum Gasteiger partial charge on any atom is 0.404 e. The number of hydrogen-bond acceptors (Lipinski definition) is 4. The molecule has 196 valence electrons. The van der Waals surface area contributed by atoms with Crippen LogP contribution in [0.5, 0.6) is 0 Å². The van der Waals surface area contributed by atoms with Gasteiger partial charge in [0.05, 0.1) is 12.7 Å². The van der Waals surface area contributed by atoms with Gasteiger partial charge in [-0.2, -0.15) is 0 Å². The van der Waals surface area contributed by atoms with Crippen LogP contribution in [0.3, 0.4) is 0 Å². The normalized spacial score (nSPS) is 20.7. The van der Waals surface area contributed by atoms with Crippen molar-refractivity contribution in [2.24, 2.45) is 11.8 Å². The predicted molar refractivity (Wildman–Crippen MR) is 133 cm³/mol. The molecular formula is C26H41FN4O4. The van der Waals surface area contributed by atoms with Gasteiger partial charge in [-0.15, -0.1) is 0 Å². The summed E-state index contributed by atoms with van der Waals surface area (Å²) in [6.45, 7) is 2.24. The Balaban J connectivity index is 1.62. The minimum Gasteiger partial charge on any atom is -0.465 e. The molecule has 1 saturated carbocycles. The number of amides is 3. The fraction of sp³-hybridized carbons (Fsp3) is 0.692. The summed E-state index contributed by atoms with van der Waals surface area (Å²) in [4.78, 5) is 25.8. The number of carboxylic acid groups (broad SMARTS) is 1. The standard InChI is InChI=1S/C26H41FN4O4/c1-28-17-23(15-19-7-3-2-4-8-19)30-25(32)31-13-6-10-21(18-31)24(35-14-12-29-26(33)34)20-9-5-11-22(27)16-20/h5,9,11,16,19,21,23-24,28-29H,2-4,6-8,10,12-15,17-18H2,1H3,(H,30,32)(H,33,34)/t21-,23+,24?/m1/s1. The molecule has 2 fully saturated rings. The van der Waals surface area contributed by atoms with E-state index in [9.17, 15) is 14.0 Å². The average Bonchev–Trinajstić information content (AvgIpc) is 2.84. The minimum absolute atomic E-state index is 0.0118. The number of rotatable bonds is 11. The van der Waals surface area contributed by atoms with Crippen LogP contribution in [-0.2, 0) is 4.74 Å². The third-order valence-corrected chi connectivity index (χ3v) is 7.15. The van der Waals surface area contributed by atoms with Crippen molar-refractivity contribution < 1.29 is 23.8 Å². The Bertz CT molecular complexity index is 805. The highest BCUT2D eigenvalue weighted by molar-refractivity contribution is 5.74. The van der Waals surface area contributed by atoms with Crippen LogP contribution in [0, 0.1) is 17.7 Å². The summed E-state index contributed by atoms with van der Waals surface area (Å²) in [6, 6.07) is 6.36. The largest absolute Gasteiger partial charge is 0.465 e. The first kappa shape index (κ1) is 27.2. The van der Waals surface area contributed by atoms with Crippen molar-refractivity contribution in [3.05, 3.63) is 35.6 Å². The fourth-order valence-electron chi connectivity index (χ4n) is 5.50. The maximum absolute atomic E-state index is 14.0. The zero-order valence-electron chi connectivity index (χ0n) is 20.8. The number of halogens is 1. The Kier molecular flexibility index (Phi) is 11.1. The SMILES string of the molecule is CNC[C@H](CC1CCCCC1)NC(=O)N1CCC[C@@H](C(OCCNC(=O)O)c2cccc(F)c2)C1. The molecule has 0 bridgehead atoms. The molecule has 1 aromatic carbocycles. The van der Waals surface area contributed by atoms with Crippen molar-refractivity contribution in [2.75, 3.05) is 39.8 Å². The van der Waals surface area contributed by atoms with E-state index < -0.39 is 12.2 Å². The van der Waals surface area contributed by atoms with Gasteiger partial charge in [-0.25, -0.2) is 14.0 Å². The lowest BCUT2D eigenvalue weighted by Crippen LogP contribution is -2.52. The van der Waals surface area contributed by atoms with Crippen LogP contribution in [0.25, 0.3) is 0 Å². The van der Waals surface area contributed by atoms with Crippen LogP contribution in [0.2, 0.25) is 0 Å². The van der Waals surface area contributed by atoms with Gasteiger partial charge in [0.15, 0.2) is 0 Å². The number of nitrogens with zero attached hydrogens (tertiary/aromatic N) is 1. The van der Waals surface area contributed by atoms with Gasteiger partial charge in [-0.3, -0.25) is 0 Å². The van der Waals surface area contributed by atoms with Crippen LogP contribution < -0.4 is 16.0 Å². The van der Waals surface area contributed by atoms with Gasteiger partial charge in [0, 0.05) is 38.1 Å². The van der Waals surface area contributed by atoms with Crippen molar-refractivity contribution in [1.29, 1.82) is 0 Å². The summed E-state index contributed by atoms with van der Waals surface area (Å²) in [5.74, 6) is 0.312. The molecule has 8 nitrogen and oxygen atoms in total. The van der Waals surface area contributed by atoms with Gasteiger partial charge in [0.2, 0.25) is 0 Å². The minimum atomic E-state index is -1.11. The molecule has 3 rings (SSSR count). The maximum atomic E-state index is 14.0. The topological polar surface area (TPSA) is 103 Å². The van der Waals surface area contributed by atoms with Gasteiger partial charge in [0.25, 0.3) is 0 Å². The quantitative estimate of drug-likeness (QED) is 0.348. The molecular weight excluding hydrogens is 451 g/mol. The molecule has 2 aliphatic rings. The summed E-state index contributed by atoms with van der Waals surface area (Å²) in [5.41, 5.74) is 0.706. The Labute approximate surface area is 208 Å². The number of urea groups is 1. The van der Waals surface area contributed by atoms with Crippen molar-refractivity contribution >= 4 is 12.1 Å². The van der Waals surface area contributed by atoms with Crippen molar-refractivity contribution in [2.45, 2.75) is 63.5 Å². The van der Waals surface area contributed by atoms with Crippen LogP contribution in [-0.4, -0.2) is 68.0 Å². The summed E-state index contributed by atoms with van der Waals surface area (Å²) < 4.78 is 20.0. The van der Waals surface area contributed by atoms with E-state index in [1.165, 1.54) is 44.2 Å². The molecule has 1 aliphatic heterocycles. The number of nitrogens with one attached hydrogen (secondary N) is 3. The van der Waals surface area contributed by atoms with Gasteiger partial charge >= 0.3 is 12.1 Å². The molecule has 1 saturated heterocycles. The Hall–Kier alpha value is -2.39. The number of likely N-dealkylation sites (tertiary alicyclic amines) is 1. The highest BCUT2D eigenvalue weighted by Crippen LogP contribution is 2.33. The van der Waals surface area contributed by atoms with Gasteiger partial charge in [-0.05, 0) is 49.9 Å². The highest BCUT2D eigenvalue weighted by Gasteiger charge is 2.32. The Morgan fingerprint density at radius 2 is 2.00 bits per heavy atom. The Morgan fingerprint density at radius 3 is 2.71 bits per heavy atom. The first-order valence-corrected chi connectivity index (χ1v) is 13.0. The summed E-state index contributed by atoms with van der Waals surface area (Å²) >= 11 is 0. The third-order valence-electron chi connectivity index (χ3n) is 7.15. The highest BCUT2D eigenvalue weighted by atomic mass is 19.1. The van der Waals surface area contributed by atoms with Crippen LogP contribution in [0.1, 0.15) is 63.0 Å². The van der Waals surface area contributed by atoms with E-state index in [4.69, 9.17) is 9.84 Å². The molecule has 4 N–H and O–H groups in total. The lowest BCUT2D eigenvalue weighted by molar-refractivity contribution is -0.00866. The van der Waals surface area contributed by atoms with Crippen molar-refractivity contribution in [3.8, 4) is 0 Å². The van der Waals surface area contributed by atoms with Crippen molar-refractivity contribution in [1.82, 2.24) is 20.9 Å². The summed E-state index contributed by atoms with van der Waals surface area (Å²) in [6.07, 6.45) is 7.50. The van der Waals surface area contributed by atoms with E-state index in [1.54, 1.807) is 6.07 Å². The second-order valence-electron chi connectivity index (χ2n) is 9.87. The number of piperidine rings is 1. The van der Waals surface area contributed by atoms with E-state index in [2.05, 4.69) is 16.0 Å². The van der Waals surface area contributed by atoms with E-state index >= 15 is 0 Å². The fourth-order valence-corrected chi connectivity index (χ4v) is 5.50. The predicted octanol–water partition coefficient (Wildman–Crippen LogP) is 4.13. The number of hydrogen-bond donors (Lipinski definition) is 4. The van der Waals surface area contributed by atoms with Crippen LogP contribution in [0.4, 0.5) is 14.0 Å². The molecule has 9 heteroatoms. The molecule has 0 aromatic heterocycles.